The zero-order valence-corrected chi connectivity index (χ0v) is 8.86. The van der Waals surface area contributed by atoms with Crippen LogP contribution in [0, 0.1) is 0 Å². The topological polar surface area (TPSA) is 17.1 Å². The van der Waals surface area contributed by atoms with Crippen molar-refractivity contribution in [2.75, 3.05) is 6.26 Å². The van der Waals surface area contributed by atoms with Crippen molar-refractivity contribution < 1.29 is 4.79 Å². The molecule has 0 saturated carbocycles. The summed E-state index contributed by atoms with van der Waals surface area (Å²) in [6.07, 6.45) is 2.64. The average Bonchev–Trinajstić information content (AvgIpc) is 2.08. The van der Waals surface area contributed by atoms with Gasteiger partial charge in [-0.2, -0.15) is 11.8 Å². The van der Waals surface area contributed by atoms with Gasteiger partial charge in [0.25, 0.3) is 0 Å². The van der Waals surface area contributed by atoms with Crippen LogP contribution in [0.25, 0.3) is 0 Å². The standard InChI is InChI=1S/C11H14OS/c1-9(12)7-10-5-3-4-6-11(10)8-13-2/h3-6H,7-8H2,1-2H3. The van der Waals surface area contributed by atoms with Gasteiger partial charge in [0, 0.05) is 12.2 Å². The maximum atomic E-state index is 11.0. The lowest BCUT2D eigenvalue weighted by molar-refractivity contribution is -0.116. The highest BCUT2D eigenvalue weighted by Crippen LogP contribution is 2.15. The number of Topliss-reactive ketones (excluding diaryl/α,β-unsaturated/α-hetero) is 1. The number of rotatable bonds is 4. The first-order valence-corrected chi connectivity index (χ1v) is 5.68. The number of thioether (sulfide) groups is 1. The predicted molar refractivity (Wildman–Crippen MR) is 58.0 cm³/mol. The fourth-order valence-electron chi connectivity index (χ4n) is 1.29. The smallest absolute Gasteiger partial charge is 0.134 e. The molecule has 0 bridgehead atoms. The molecule has 0 aliphatic carbocycles. The van der Waals surface area contributed by atoms with Crippen molar-refractivity contribution in [3.05, 3.63) is 35.4 Å². The fraction of sp³-hybridized carbons (Fsp3) is 0.364. The molecule has 1 rings (SSSR count). The van der Waals surface area contributed by atoms with E-state index in [0.717, 1.165) is 5.75 Å². The van der Waals surface area contributed by atoms with Crippen molar-refractivity contribution in [2.24, 2.45) is 0 Å². The van der Waals surface area contributed by atoms with E-state index in [1.807, 2.05) is 18.2 Å². The van der Waals surface area contributed by atoms with Crippen LogP contribution in [-0.2, 0) is 17.0 Å². The summed E-state index contributed by atoms with van der Waals surface area (Å²) >= 11 is 1.78. The number of carbonyl (C=O) groups is 1. The van der Waals surface area contributed by atoms with E-state index in [0.29, 0.717) is 6.42 Å². The molecule has 70 valence electrons. The molecular formula is C11H14OS. The summed E-state index contributed by atoms with van der Waals surface area (Å²) in [5.74, 6) is 1.22. The van der Waals surface area contributed by atoms with Crippen LogP contribution in [0.3, 0.4) is 0 Å². The Labute approximate surface area is 83.5 Å². The van der Waals surface area contributed by atoms with Gasteiger partial charge in [-0.15, -0.1) is 0 Å². The van der Waals surface area contributed by atoms with Crippen molar-refractivity contribution in [2.45, 2.75) is 19.1 Å². The van der Waals surface area contributed by atoms with Crippen molar-refractivity contribution in [1.29, 1.82) is 0 Å². The van der Waals surface area contributed by atoms with Crippen molar-refractivity contribution in [1.82, 2.24) is 0 Å². The van der Waals surface area contributed by atoms with E-state index in [4.69, 9.17) is 0 Å². The summed E-state index contributed by atoms with van der Waals surface area (Å²) < 4.78 is 0. The molecule has 1 aromatic rings. The van der Waals surface area contributed by atoms with Gasteiger partial charge in [0.2, 0.25) is 0 Å². The Morgan fingerprint density at radius 1 is 1.31 bits per heavy atom. The van der Waals surface area contributed by atoms with E-state index in [9.17, 15) is 4.79 Å². The Bertz CT molecular complexity index is 294. The van der Waals surface area contributed by atoms with Crippen molar-refractivity contribution in [3.63, 3.8) is 0 Å². The third-order valence-corrected chi connectivity index (χ3v) is 2.46. The maximum absolute atomic E-state index is 11.0. The largest absolute Gasteiger partial charge is 0.300 e. The summed E-state index contributed by atoms with van der Waals surface area (Å²) in [5, 5.41) is 0. The van der Waals surface area contributed by atoms with Crippen LogP contribution >= 0.6 is 11.8 Å². The molecule has 0 heterocycles. The average molecular weight is 194 g/mol. The first kappa shape index (κ1) is 10.3. The molecule has 0 fully saturated rings. The molecule has 0 spiro atoms. The SMILES string of the molecule is CSCc1ccccc1CC(C)=O. The Morgan fingerprint density at radius 2 is 1.92 bits per heavy atom. The van der Waals surface area contributed by atoms with Gasteiger partial charge in [0.15, 0.2) is 0 Å². The number of ketones is 1. The van der Waals surface area contributed by atoms with Gasteiger partial charge in [0.1, 0.15) is 5.78 Å². The van der Waals surface area contributed by atoms with E-state index in [1.165, 1.54) is 11.1 Å². The molecule has 0 radical (unpaired) electrons. The third-order valence-electron chi connectivity index (χ3n) is 1.86. The van der Waals surface area contributed by atoms with E-state index in [2.05, 4.69) is 12.3 Å². The predicted octanol–water partition coefficient (Wildman–Crippen LogP) is 2.68. The van der Waals surface area contributed by atoms with E-state index in [-0.39, 0.29) is 5.78 Å². The van der Waals surface area contributed by atoms with Crippen LogP contribution in [0.15, 0.2) is 24.3 Å². The molecule has 0 N–H and O–H groups in total. The highest BCUT2D eigenvalue weighted by molar-refractivity contribution is 7.97. The summed E-state index contributed by atoms with van der Waals surface area (Å²) in [6, 6.07) is 8.14. The van der Waals surface area contributed by atoms with E-state index in [1.54, 1.807) is 18.7 Å². The summed E-state index contributed by atoms with van der Waals surface area (Å²) in [5.41, 5.74) is 2.45. The van der Waals surface area contributed by atoms with E-state index < -0.39 is 0 Å². The van der Waals surface area contributed by atoms with Crippen molar-refractivity contribution in [3.8, 4) is 0 Å². The number of hydrogen-bond donors (Lipinski definition) is 0. The Hall–Kier alpha value is -0.760. The summed E-state index contributed by atoms with van der Waals surface area (Å²) in [4.78, 5) is 11.0. The molecule has 0 atom stereocenters. The second-order valence-corrected chi connectivity index (χ2v) is 3.95. The molecule has 0 amide bonds. The molecule has 1 nitrogen and oxygen atoms in total. The normalized spacial score (nSPS) is 10.0. The summed E-state index contributed by atoms with van der Waals surface area (Å²) in [6.45, 7) is 1.63. The molecule has 2 heteroatoms. The summed E-state index contributed by atoms with van der Waals surface area (Å²) in [7, 11) is 0. The highest BCUT2D eigenvalue weighted by atomic mass is 32.2. The molecule has 13 heavy (non-hydrogen) atoms. The number of carbonyl (C=O) groups excluding carboxylic acids is 1. The van der Waals surface area contributed by atoms with Crippen LogP contribution in [0.4, 0.5) is 0 Å². The molecule has 0 aliphatic heterocycles. The molecular weight excluding hydrogens is 180 g/mol. The quantitative estimate of drug-likeness (QED) is 0.733. The maximum Gasteiger partial charge on any atom is 0.134 e. The lowest BCUT2D eigenvalue weighted by Gasteiger charge is -2.05. The minimum Gasteiger partial charge on any atom is -0.300 e. The molecule has 0 saturated heterocycles. The second-order valence-electron chi connectivity index (χ2n) is 3.08. The van der Waals surface area contributed by atoms with Gasteiger partial charge in [0.05, 0.1) is 0 Å². The van der Waals surface area contributed by atoms with Crippen LogP contribution in [0.2, 0.25) is 0 Å². The van der Waals surface area contributed by atoms with Gasteiger partial charge in [-0.05, 0) is 24.3 Å². The van der Waals surface area contributed by atoms with Crippen LogP contribution < -0.4 is 0 Å². The van der Waals surface area contributed by atoms with Gasteiger partial charge < -0.3 is 0 Å². The van der Waals surface area contributed by atoms with Gasteiger partial charge in [-0.3, -0.25) is 4.79 Å². The van der Waals surface area contributed by atoms with Crippen molar-refractivity contribution >= 4 is 17.5 Å². The molecule has 0 unspecified atom stereocenters. The Balaban J connectivity index is 2.84. The second kappa shape index (κ2) is 5.07. The highest BCUT2D eigenvalue weighted by Gasteiger charge is 2.02. The first-order valence-electron chi connectivity index (χ1n) is 4.29. The minimum absolute atomic E-state index is 0.230. The minimum atomic E-state index is 0.230. The van der Waals surface area contributed by atoms with E-state index >= 15 is 0 Å². The third kappa shape index (κ3) is 3.23. The lowest BCUT2D eigenvalue weighted by atomic mass is 10.0. The van der Waals surface area contributed by atoms with Gasteiger partial charge >= 0.3 is 0 Å². The number of hydrogen-bond acceptors (Lipinski definition) is 2. The molecule has 0 aromatic heterocycles. The van der Waals surface area contributed by atoms with Gasteiger partial charge in [-0.1, -0.05) is 24.3 Å². The van der Waals surface area contributed by atoms with Crippen LogP contribution in [0.1, 0.15) is 18.1 Å². The fourth-order valence-corrected chi connectivity index (χ4v) is 1.89. The molecule has 1 aromatic carbocycles. The first-order chi connectivity index (χ1) is 6.24. The zero-order valence-electron chi connectivity index (χ0n) is 8.04. The van der Waals surface area contributed by atoms with Crippen LogP contribution in [0.5, 0.6) is 0 Å². The number of benzene rings is 1. The Kier molecular flexibility index (Phi) is 4.03. The van der Waals surface area contributed by atoms with Gasteiger partial charge in [-0.25, -0.2) is 0 Å². The lowest BCUT2D eigenvalue weighted by Crippen LogP contribution is -1.99. The Morgan fingerprint density at radius 3 is 2.46 bits per heavy atom. The zero-order chi connectivity index (χ0) is 9.68. The monoisotopic (exact) mass is 194 g/mol. The molecule has 0 aliphatic rings. The van der Waals surface area contributed by atoms with Crippen LogP contribution in [-0.4, -0.2) is 12.0 Å².